The SMILES string of the molecule is CCCNC(CCN(C)C1CCC1)C(N)=O. The van der Waals surface area contributed by atoms with Crippen LogP contribution in [0.1, 0.15) is 39.0 Å². The quantitative estimate of drug-likeness (QED) is 0.642. The van der Waals surface area contributed by atoms with Crippen LogP contribution in [0.3, 0.4) is 0 Å². The first-order valence-electron chi connectivity index (χ1n) is 6.38. The third-order valence-corrected chi connectivity index (χ3v) is 3.45. The molecule has 1 atom stereocenters. The van der Waals surface area contributed by atoms with E-state index in [2.05, 4.69) is 24.2 Å². The van der Waals surface area contributed by atoms with Crippen molar-refractivity contribution >= 4 is 5.91 Å². The molecule has 1 aliphatic carbocycles. The summed E-state index contributed by atoms with van der Waals surface area (Å²) >= 11 is 0. The van der Waals surface area contributed by atoms with Crippen molar-refractivity contribution in [2.75, 3.05) is 20.1 Å². The van der Waals surface area contributed by atoms with Gasteiger partial charge in [-0.15, -0.1) is 0 Å². The molecule has 0 radical (unpaired) electrons. The number of hydrogen-bond acceptors (Lipinski definition) is 3. The van der Waals surface area contributed by atoms with Gasteiger partial charge in [0.15, 0.2) is 0 Å². The fourth-order valence-electron chi connectivity index (χ4n) is 2.01. The lowest BCUT2D eigenvalue weighted by atomic mass is 9.91. The Morgan fingerprint density at radius 2 is 2.25 bits per heavy atom. The van der Waals surface area contributed by atoms with E-state index in [1.54, 1.807) is 0 Å². The molecule has 0 aromatic rings. The Balaban J connectivity index is 2.22. The maximum absolute atomic E-state index is 11.2. The van der Waals surface area contributed by atoms with Gasteiger partial charge in [-0.2, -0.15) is 0 Å². The second-order valence-electron chi connectivity index (χ2n) is 4.76. The van der Waals surface area contributed by atoms with E-state index in [1.807, 2.05) is 0 Å². The Labute approximate surface area is 98.6 Å². The number of nitrogens with one attached hydrogen (secondary N) is 1. The lowest BCUT2D eigenvalue weighted by molar-refractivity contribution is -0.120. The largest absolute Gasteiger partial charge is 0.368 e. The molecule has 1 rings (SSSR count). The number of primary amides is 1. The highest BCUT2D eigenvalue weighted by atomic mass is 16.1. The molecular weight excluding hydrogens is 202 g/mol. The van der Waals surface area contributed by atoms with E-state index in [9.17, 15) is 4.79 Å². The molecule has 4 heteroatoms. The van der Waals surface area contributed by atoms with Gasteiger partial charge in [0.05, 0.1) is 6.04 Å². The Kier molecular flexibility index (Phi) is 5.77. The Morgan fingerprint density at radius 1 is 1.56 bits per heavy atom. The van der Waals surface area contributed by atoms with Crippen LogP contribution in [-0.4, -0.2) is 43.0 Å². The zero-order chi connectivity index (χ0) is 12.0. The van der Waals surface area contributed by atoms with Gasteiger partial charge in [-0.1, -0.05) is 13.3 Å². The van der Waals surface area contributed by atoms with Gasteiger partial charge in [0.2, 0.25) is 5.91 Å². The second kappa shape index (κ2) is 6.86. The lowest BCUT2D eigenvalue weighted by Crippen LogP contribution is -2.45. The number of nitrogens with zero attached hydrogens (tertiary/aromatic N) is 1. The van der Waals surface area contributed by atoms with E-state index in [1.165, 1.54) is 19.3 Å². The standard InChI is InChI=1S/C12H25N3O/c1-3-8-14-11(12(13)16)7-9-15(2)10-5-4-6-10/h10-11,14H,3-9H2,1-2H3,(H2,13,16). The molecule has 0 saturated heterocycles. The number of carbonyl (C=O) groups excluding carboxylic acids is 1. The van der Waals surface area contributed by atoms with Crippen molar-refractivity contribution in [3.8, 4) is 0 Å². The maximum Gasteiger partial charge on any atom is 0.234 e. The summed E-state index contributed by atoms with van der Waals surface area (Å²) < 4.78 is 0. The zero-order valence-corrected chi connectivity index (χ0v) is 10.5. The van der Waals surface area contributed by atoms with Crippen LogP contribution in [0.15, 0.2) is 0 Å². The van der Waals surface area contributed by atoms with E-state index in [0.717, 1.165) is 32.0 Å². The average molecular weight is 227 g/mol. The molecular formula is C12H25N3O. The second-order valence-corrected chi connectivity index (χ2v) is 4.76. The first-order valence-corrected chi connectivity index (χ1v) is 6.38. The van der Waals surface area contributed by atoms with Crippen LogP contribution in [0.2, 0.25) is 0 Å². The van der Waals surface area contributed by atoms with Crippen molar-refractivity contribution in [3.05, 3.63) is 0 Å². The Bertz CT molecular complexity index is 216. The van der Waals surface area contributed by atoms with E-state index >= 15 is 0 Å². The Hall–Kier alpha value is -0.610. The van der Waals surface area contributed by atoms with Gasteiger partial charge in [0.1, 0.15) is 0 Å². The molecule has 0 bridgehead atoms. The number of carbonyl (C=O) groups is 1. The third kappa shape index (κ3) is 4.10. The van der Waals surface area contributed by atoms with Gasteiger partial charge in [0.25, 0.3) is 0 Å². The smallest absolute Gasteiger partial charge is 0.234 e. The highest BCUT2D eigenvalue weighted by molar-refractivity contribution is 5.79. The highest BCUT2D eigenvalue weighted by Gasteiger charge is 2.23. The minimum atomic E-state index is -0.226. The predicted molar refractivity (Wildman–Crippen MR) is 66.2 cm³/mol. The van der Waals surface area contributed by atoms with Crippen LogP contribution in [0.25, 0.3) is 0 Å². The van der Waals surface area contributed by atoms with Crippen molar-refractivity contribution in [1.82, 2.24) is 10.2 Å². The number of nitrogens with two attached hydrogens (primary N) is 1. The summed E-state index contributed by atoms with van der Waals surface area (Å²) in [5.41, 5.74) is 5.37. The summed E-state index contributed by atoms with van der Waals surface area (Å²) in [6, 6.07) is 0.571. The summed E-state index contributed by atoms with van der Waals surface area (Å²) in [5.74, 6) is -0.226. The summed E-state index contributed by atoms with van der Waals surface area (Å²) in [7, 11) is 2.14. The minimum Gasteiger partial charge on any atom is -0.368 e. The first kappa shape index (κ1) is 13.5. The molecule has 0 heterocycles. The van der Waals surface area contributed by atoms with Crippen LogP contribution in [-0.2, 0) is 4.79 Å². The van der Waals surface area contributed by atoms with E-state index < -0.39 is 0 Å². The van der Waals surface area contributed by atoms with E-state index in [4.69, 9.17) is 5.73 Å². The normalized spacial score (nSPS) is 18.4. The van der Waals surface area contributed by atoms with E-state index in [0.29, 0.717) is 0 Å². The van der Waals surface area contributed by atoms with Crippen molar-refractivity contribution in [3.63, 3.8) is 0 Å². The summed E-state index contributed by atoms with van der Waals surface area (Å²) in [5, 5.41) is 3.20. The molecule has 4 nitrogen and oxygen atoms in total. The third-order valence-electron chi connectivity index (χ3n) is 3.45. The molecule has 0 aromatic heterocycles. The monoisotopic (exact) mass is 227 g/mol. The molecule has 1 amide bonds. The van der Waals surface area contributed by atoms with Crippen LogP contribution in [0, 0.1) is 0 Å². The van der Waals surface area contributed by atoms with Crippen LogP contribution in [0.4, 0.5) is 0 Å². The number of amides is 1. The molecule has 0 aromatic carbocycles. The Morgan fingerprint density at radius 3 is 2.69 bits per heavy atom. The van der Waals surface area contributed by atoms with Crippen LogP contribution < -0.4 is 11.1 Å². The lowest BCUT2D eigenvalue weighted by Gasteiger charge is -2.35. The molecule has 1 unspecified atom stereocenters. The average Bonchev–Trinajstić information content (AvgIpc) is 2.14. The first-order chi connectivity index (χ1) is 7.65. The number of hydrogen-bond donors (Lipinski definition) is 2. The van der Waals surface area contributed by atoms with Gasteiger partial charge < -0.3 is 16.0 Å². The summed E-state index contributed by atoms with van der Waals surface area (Å²) in [6.07, 6.45) is 5.81. The van der Waals surface area contributed by atoms with Gasteiger partial charge in [-0.05, 0) is 39.3 Å². The van der Waals surface area contributed by atoms with Gasteiger partial charge in [-0.3, -0.25) is 4.79 Å². The fraction of sp³-hybridized carbons (Fsp3) is 0.917. The fourth-order valence-corrected chi connectivity index (χ4v) is 2.01. The predicted octanol–water partition coefficient (Wildman–Crippen LogP) is 0.714. The van der Waals surface area contributed by atoms with Gasteiger partial charge >= 0.3 is 0 Å². The highest BCUT2D eigenvalue weighted by Crippen LogP contribution is 2.23. The topological polar surface area (TPSA) is 58.4 Å². The molecule has 94 valence electrons. The van der Waals surface area contributed by atoms with Crippen LogP contribution in [0.5, 0.6) is 0 Å². The number of rotatable bonds is 8. The molecule has 1 saturated carbocycles. The molecule has 1 aliphatic rings. The molecule has 1 fully saturated rings. The van der Waals surface area contributed by atoms with Crippen molar-refractivity contribution in [2.45, 2.75) is 51.1 Å². The zero-order valence-electron chi connectivity index (χ0n) is 10.5. The van der Waals surface area contributed by atoms with Crippen molar-refractivity contribution in [1.29, 1.82) is 0 Å². The molecule has 16 heavy (non-hydrogen) atoms. The van der Waals surface area contributed by atoms with Crippen molar-refractivity contribution < 1.29 is 4.79 Å². The molecule has 0 aliphatic heterocycles. The minimum absolute atomic E-state index is 0.164. The van der Waals surface area contributed by atoms with Gasteiger partial charge in [-0.25, -0.2) is 0 Å². The molecule has 3 N–H and O–H groups in total. The summed E-state index contributed by atoms with van der Waals surface area (Å²) in [6.45, 7) is 3.90. The maximum atomic E-state index is 11.2. The summed E-state index contributed by atoms with van der Waals surface area (Å²) in [4.78, 5) is 13.6. The van der Waals surface area contributed by atoms with E-state index in [-0.39, 0.29) is 11.9 Å². The van der Waals surface area contributed by atoms with Crippen molar-refractivity contribution in [2.24, 2.45) is 5.73 Å². The van der Waals surface area contributed by atoms with Gasteiger partial charge in [0, 0.05) is 12.6 Å². The molecule has 0 spiro atoms. The van der Waals surface area contributed by atoms with Crippen LogP contribution >= 0.6 is 0 Å².